The lowest BCUT2D eigenvalue weighted by Crippen LogP contribution is -1.77. The molecule has 0 amide bonds. The van der Waals surface area contributed by atoms with Gasteiger partial charge in [-0.3, -0.25) is 5.10 Å². The molecule has 0 bridgehead atoms. The third kappa shape index (κ3) is 1.28. The number of rotatable bonds is 1. The molecule has 0 spiro atoms. The van der Waals surface area contributed by atoms with Crippen LogP contribution in [0.5, 0.6) is 0 Å². The van der Waals surface area contributed by atoms with Crippen LogP contribution in [0.15, 0.2) is 30.3 Å². The Morgan fingerprint density at radius 3 is 2.81 bits per heavy atom. The Hall–Kier alpha value is -2.19. The molecule has 1 N–H and O–H groups in total. The largest absolute Gasteiger partial charge is 0.274 e. The molecule has 76 valence electrons. The second kappa shape index (κ2) is 3.43. The lowest BCUT2D eigenvalue weighted by molar-refractivity contribution is 1.10. The summed E-state index contributed by atoms with van der Waals surface area (Å²) in [7, 11) is 0. The van der Waals surface area contributed by atoms with E-state index in [9.17, 15) is 0 Å². The van der Waals surface area contributed by atoms with E-state index in [1.54, 1.807) is 0 Å². The fourth-order valence-corrected chi connectivity index (χ4v) is 2.38. The van der Waals surface area contributed by atoms with Crippen LogP contribution in [0.2, 0.25) is 0 Å². The summed E-state index contributed by atoms with van der Waals surface area (Å²) in [5.74, 6) is 0. The van der Waals surface area contributed by atoms with E-state index in [2.05, 4.69) is 15.2 Å². The number of nitrogens with one attached hydrogen (secondary N) is 1. The Morgan fingerprint density at radius 2 is 2.06 bits per heavy atom. The van der Waals surface area contributed by atoms with Crippen LogP contribution in [-0.2, 0) is 0 Å². The average Bonchev–Trinajstić information content (AvgIpc) is 2.88. The van der Waals surface area contributed by atoms with Gasteiger partial charge in [-0.25, -0.2) is 4.98 Å². The van der Waals surface area contributed by atoms with Gasteiger partial charge in [0, 0.05) is 5.56 Å². The van der Waals surface area contributed by atoms with Gasteiger partial charge in [0.2, 0.25) is 0 Å². The van der Waals surface area contributed by atoms with Gasteiger partial charge in [-0.1, -0.05) is 41.7 Å². The maximum atomic E-state index is 8.78. The number of H-pyrrole nitrogens is 1. The highest BCUT2D eigenvalue weighted by Gasteiger charge is 2.12. The number of aromatic amines is 1. The zero-order valence-electron chi connectivity index (χ0n) is 8.14. The van der Waals surface area contributed by atoms with Crippen LogP contribution in [0, 0.1) is 11.3 Å². The first-order chi connectivity index (χ1) is 7.88. The molecule has 0 fully saturated rings. The second-order valence-corrected chi connectivity index (χ2v) is 4.25. The van der Waals surface area contributed by atoms with Crippen molar-refractivity contribution in [2.24, 2.45) is 0 Å². The van der Waals surface area contributed by atoms with E-state index in [-0.39, 0.29) is 0 Å². The van der Waals surface area contributed by atoms with Gasteiger partial charge in [-0.05, 0) is 0 Å². The molecule has 5 heteroatoms. The molecule has 16 heavy (non-hydrogen) atoms. The fraction of sp³-hybridized carbons (Fsp3) is 0. The third-order valence-electron chi connectivity index (χ3n) is 2.27. The summed E-state index contributed by atoms with van der Waals surface area (Å²) in [6.07, 6.45) is 0. The van der Waals surface area contributed by atoms with Crippen molar-refractivity contribution in [2.75, 3.05) is 0 Å². The number of fused-ring (bicyclic) bond motifs is 1. The lowest BCUT2D eigenvalue weighted by Gasteiger charge is -1.94. The summed E-state index contributed by atoms with van der Waals surface area (Å²) in [6.45, 7) is 0. The molecule has 0 unspecified atom stereocenters. The number of benzene rings is 1. The Labute approximate surface area is 95.2 Å². The van der Waals surface area contributed by atoms with E-state index in [1.165, 1.54) is 11.3 Å². The number of aromatic nitrogens is 3. The number of nitrogens with zero attached hydrogens (tertiary/aromatic N) is 3. The second-order valence-electron chi connectivity index (χ2n) is 3.25. The van der Waals surface area contributed by atoms with Crippen LogP contribution in [0.25, 0.3) is 21.6 Å². The van der Waals surface area contributed by atoms with Gasteiger partial charge in [0.25, 0.3) is 0 Å². The van der Waals surface area contributed by atoms with Crippen LogP contribution in [0.3, 0.4) is 0 Å². The zero-order chi connectivity index (χ0) is 11.0. The predicted octanol–water partition coefficient (Wildman–Crippen LogP) is 2.56. The Kier molecular flexibility index (Phi) is 1.95. The van der Waals surface area contributed by atoms with Crippen molar-refractivity contribution < 1.29 is 0 Å². The molecule has 0 aliphatic rings. The van der Waals surface area contributed by atoms with Crippen molar-refractivity contribution in [3.05, 3.63) is 35.3 Å². The van der Waals surface area contributed by atoms with Gasteiger partial charge >= 0.3 is 0 Å². The first-order valence-electron chi connectivity index (χ1n) is 4.69. The topological polar surface area (TPSA) is 65.4 Å². The minimum Gasteiger partial charge on any atom is -0.274 e. The van der Waals surface area contributed by atoms with E-state index in [0.29, 0.717) is 10.7 Å². The van der Waals surface area contributed by atoms with Crippen molar-refractivity contribution in [1.82, 2.24) is 15.2 Å². The Morgan fingerprint density at radius 1 is 1.25 bits per heavy atom. The molecule has 1 aromatic carbocycles. The smallest absolute Gasteiger partial charge is 0.197 e. The van der Waals surface area contributed by atoms with E-state index in [4.69, 9.17) is 5.26 Å². The van der Waals surface area contributed by atoms with Gasteiger partial charge < -0.3 is 0 Å². The molecule has 0 aliphatic carbocycles. The first kappa shape index (κ1) is 9.07. The minimum absolute atomic E-state index is 0.448. The SMILES string of the molecule is N#Cc1nc2n[nH]c(-c3ccccc3)c2s1. The van der Waals surface area contributed by atoms with Crippen LogP contribution < -0.4 is 0 Å². The molecule has 0 atom stereocenters. The predicted molar refractivity (Wildman–Crippen MR) is 61.9 cm³/mol. The van der Waals surface area contributed by atoms with Gasteiger partial charge in [-0.15, -0.1) is 0 Å². The monoisotopic (exact) mass is 226 g/mol. The van der Waals surface area contributed by atoms with Crippen molar-refractivity contribution in [2.45, 2.75) is 0 Å². The highest BCUT2D eigenvalue weighted by atomic mass is 32.1. The Balaban J connectivity index is 2.25. The summed E-state index contributed by atoms with van der Waals surface area (Å²) >= 11 is 1.36. The fourth-order valence-electron chi connectivity index (χ4n) is 1.56. The van der Waals surface area contributed by atoms with Crippen molar-refractivity contribution >= 4 is 21.7 Å². The zero-order valence-corrected chi connectivity index (χ0v) is 8.95. The van der Waals surface area contributed by atoms with Crippen LogP contribution in [-0.4, -0.2) is 15.2 Å². The molecule has 4 nitrogen and oxygen atoms in total. The summed E-state index contributed by atoms with van der Waals surface area (Å²) < 4.78 is 0.933. The van der Waals surface area contributed by atoms with Crippen molar-refractivity contribution in [3.8, 4) is 17.3 Å². The summed E-state index contributed by atoms with van der Waals surface area (Å²) in [4.78, 5) is 4.09. The number of thiazole rings is 1. The molecule has 0 saturated carbocycles. The number of hydrogen-bond donors (Lipinski definition) is 1. The highest BCUT2D eigenvalue weighted by Crippen LogP contribution is 2.30. The molecule has 3 aromatic rings. The first-order valence-corrected chi connectivity index (χ1v) is 5.50. The molecule has 0 saturated heterocycles. The van der Waals surface area contributed by atoms with E-state index in [0.717, 1.165) is 16.0 Å². The van der Waals surface area contributed by atoms with Crippen LogP contribution >= 0.6 is 11.3 Å². The third-order valence-corrected chi connectivity index (χ3v) is 3.23. The lowest BCUT2D eigenvalue weighted by atomic mass is 10.2. The highest BCUT2D eigenvalue weighted by molar-refractivity contribution is 7.19. The number of hydrogen-bond acceptors (Lipinski definition) is 4. The quantitative estimate of drug-likeness (QED) is 0.693. The van der Waals surface area contributed by atoms with Crippen molar-refractivity contribution in [3.63, 3.8) is 0 Å². The minimum atomic E-state index is 0.448. The molecule has 0 aliphatic heterocycles. The summed E-state index contributed by atoms with van der Waals surface area (Å²) in [5.41, 5.74) is 2.59. The summed E-state index contributed by atoms with van der Waals surface area (Å²) in [5, 5.41) is 16.3. The standard InChI is InChI=1S/C11H6N4S/c12-6-8-13-11-10(16-8)9(14-15-11)7-4-2-1-3-5-7/h1-5H,(H,14,15). The van der Waals surface area contributed by atoms with E-state index >= 15 is 0 Å². The molecular formula is C11H6N4S. The van der Waals surface area contributed by atoms with Crippen LogP contribution in [0.1, 0.15) is 5.01 Å². The maximum Gasteiger partial charge on any atom is 0.197 e. The molecule has 0 radical (unpaired) electrons. The summed E-state index contributed by atoms with van der Waals surface area (Å²) in [6, 6.07) is 11.9. The molecule has 2 aromatic heterocycles. The van der Waals surface area contributed by atoms with Gasteiger partial charge in [0.15, 0.2) is 10.7 Å². The average molecular weight is 226 g/mol. The maximum absolute atomic E-state index is 8.78. The van der Waals surface area contributed by atoms with Gasteiger partial charge in [0.1, 0.15) is 10.8 Å². The van der Waals surface area contributed by atoms with Gasteiger partial charge in [-0.2, -0.15) is 10.4 Å². The molecular weight excluding hydrogens is 220 g/mol. The molecule has 2 heterocycles. The van der Waals surface area contributed by atoms with Crippen LogP contribution in [0.4, 0.5) is 0 Å². The van der Waals surface area contributed by atoms with Gasteiger partial charge in [0.05, 0.1) is 5.69 Å². The molecule has 3 rings (SSSR count). The Bertz CT molecular complexity index is 675. The van der Waals surface area contributed by atoms with E-state index in [1.807, 2.05) is 36.4 Å². The van der Waals surface area contributed by atoms with Crippen molar-refractivity contribution in [1.29, 1.82) is 5.26 Å². The number of nitriles is 1. The normalized spacial score (nSPS) is 10.4. The van der Waals surface area contributed by atoms with E-state index < -0.39 is 0 Å².